The maximum Gasteiger partial charge on any atom is 0.230 e. The summed E-state index contributed by atoms with van der Waals surface area (Å²) in [6, 6.07) is 17.2. The van der Waals surface area contributed by atoms with Crippen molar-refractivity contribution in [1.82, 2.24) is 15.3 Å². The zero-order valence-corrected chi connectivity index (χ0v) is 25.4. The van der Waals surface area contributed by atoms with Crippen LogP contribution in [-0.2, 0) is 20.7 Å². The summed E-state index contributed by atoms with van der Waals surface area (Å²) in [6.45, 7) is 4.85. The predicted octanol–water partition coefficient (Wildman–Crippen LogP) is 7.56. The Morgan fingerprint density at radius 1 is 0.955 bits per heavy atom. The number of amides is 1. The van der Waals surface area contributed by atoms with Crippen LogP contribution in [0.3, 0.4) is 0 Å². The number of ether oxygens (including phenoxy) is 3. The molecule has 0 unspecified atom stereocenters. The van der Waals surface area contributed by atoms with Crippen LogP contribution in [0.15, 0.2) is 79.1 Å². The third-order valence-corrected chi connectivity index (χ3v) is 7.63. The van der Waals surface area contributed by atoms with E-state index in [0.29, 0.717) is 35.7 Å². The van der Waals surface area contributed by atoms with Crippen LogP contribution in [-0.4, -0.2) is 34.2 Å². The lowest BCUT2D eigenvalue weighted by atomic mass is 10.1. The first-order valence-electron chi connectivity index (χ1n) is 13.7. The van der Waals surface area contributed by atoms with Gasteiger partial charge < -0.3 is 24.8 Å². The van der Waals surface area contributed by atoms with E-state index in [1.807, 2.05) is 32.0 Å². The highest BCUT2D eigenvalue weighted by atomic mass is 32.1. The van der Waals surface area contributed by atoms with E-state index in [9.17, 15) is 9.18 Å². The molecule has 0 aliphatic heterocycles. The number of halogens is 2. The molecule has 1 amide bonds. The molecule has 0 aliphatic carbocycles. The predicted molar refractivity (Wildman–Crippen MR) is 170 cm³/mol. The molecule has 8 nitrogen and oxygen atoms in total. The molecule has 2 N–H and O–H groups in total. The minimum atomic E-state index is -0.632. The van der Waals surface area contributed by atoms with Crippen molar-refractivity contribution in [3.05, 3.63) is 102 Å². The van der Waals surface area contributed by atoms with Crippen molar-refractivity contribution in [3.8, 4) is 22.1 Å². The summed E-state index contributed by atoms with van der Waals surface area (Å²) in [6.07, 6.45) is 2.86. The van der Waals surface area contributed by atoms with E-state index in [1.165, 1.54) is 47.7 Å². The van der Waals surface area contributed by atoms with Gasteiger partial charge in [-0.2, -0.15) is 0 Å². The van der Waals surface area contributed by atoms with Crippen LogP contribution in [0.2, 0.25) is 0 Å². The molecular weight excluding hydrogens is 607 g/mol. The normalized spacial score (nSPS) is 11.1. The van der Waals surface area contributed by atoms with Gasteiger partial charge in [-0.3, -0.25) is 14.8 Å². The van der Waals surface area contributed by atoms with Crippen molar-refractivity contribution in [1.29, 1.82) is 0 Å². The number of fused-ring (bicyclic) bond motifs is 1. The molecule has 0 saturated heterocycles. The van der Waals surface area contributed by atoms with Crippen LogP contribution in [0.5, 0.6) is 11.5 Å². The highest BCUT2D eigenvalue weighted by molar-refractivity contribution is 7.80. The fourth-order valence-electron chi connectivity index (χ4n) is 4.26. The second kappa shape index (κ2) is 14.4. The number of aromatic nitrogens is 2. The van der Waals surface area contributed by atoms with E-state index < -0.39 is 18.0 Å². The van der Waals surface area contributed by atoms with Crippen LogP contribution in [0.25, 0.3) is 20.8 Å². The molecule has 0 aliphatic rings. The average Bonchev–Trinajstić information content (AvgIpc) is 3.45. The smallest absolute Gasteiger partial charge is 0.230 e. The fraction of sp³-hybridized carbons (Fsp3) is 0.188. The Labute approximate surface area is 262 Å². The van der Waals surface area contributed by atoms with Gasteiger partial charge in [0.25, 0.3) is 0 Å². The van der Waals surface area contributed by atoms with E-state index in [1.54, 1.807) is 24.5 Å². The molecule has 2 aromatic carbocycles. The topological polar surface area (TPSA) is 94.6 Å². The van der Waals surface area contributed by atoms with Gasteiger partial charge in [0.05, 0.1) is 27.2 Å². The van der Waals surface area contributed by atoms with Crippen LogP contribution in [0, 0.1) is 11.6 Å². The van der Waals surface area contributed by atoms with Gasteiger partial charge in [-0.1, -0.05) is 18.2 Å². The van der Waals surface area contributed by atoms with Gasteiger partial charge in [-0.25, -0.2) is 8.78 Å². The molecule has 0 saturated carbocycles. The lowest BCUT2D eigenvalue weighted by Gasteiger charge is -2.16. The summed E-state index contributed by atoms with van der Waals surface area (Å²) in [5, 5.41) is 5.32. The van der Waals surface area contributed by atoms with Gasteiger partial charge in [-0.05, 0) is 68.0 Å². The number of carbonyl (C=O) groups excluding carboxylic acids is 1. The summed E-state index contributed by atoms with van der Waals surface area (Å²) in [5.74, 6) is -0.961. The Balaban J connectivity index is 1.25. The molecule has 0 radical (unpaired) electrons. The highest BCUT2D eigenvalue weighted by Gasteiger charge is 2.16. The first kappa shape index (κ1) is 31.1. The molecule has 226 valence electrons. The molecule has 5 aromatic rings. The number of carbonyl (C=O) groups is 1. The van der Waals surface area contributed by atoms with Crippen molar-refractivity contribution in [2.24, 2.45) is 0 Å². The van der Waals surface area contributed by atoms with Crippen LogP contribution in [0.4, 0.5) is 14.5 Å². The van der Waals surface area contributed by atoms with Crippen LogP contribution in [0.1, 0.15) is 31.3 Å². The molecule has 3 heterocycles. The van der Waals surface area contributed by atoms with Gasteiger partial charge in [0.2, 0.25) is 5.91 Å². The van der Waals surface area contributed by atoms with Crippen molar-refractivity contribution in [2.45, 2.75) is 26.6 Å². The summed E-state index contributed by atoms with van der Waals surface area (Å²) in [4.78, 5) is 22.2. The molecule has 0 atom stereocenters. The summed E-state index contributed by atoms with van der Waals surface area (Å²) < 4.78 is 46.2. The second-order valence-corrected chi connectivity index (χ2v) is 10.9. The molecule has 0 spiro atoms. The van der Waals surface area contributed by atoms with Gasteiger partial charge in [0.15, 0.2) is 23.0 Å². The Morgan fingerprint density at radius 2 is 1.73 bits per heavy atom. The Hall–Kier alpha value is -4.36. The molecule has 3 aromatic heterocycles. The molecule has 12 heteroatoms. The number of anilines is 1. The van der Waals surface area contributed by atoms with Gasteiger partial charge in [-0.15, -0.1) is 11.3 Å². The number of hydrogen-bond acceptors (Lipinski definition) is 8. The van der Waals surface area contributed by atoms with E-state index in [2.05, 4.69) is 20.6 Å². The SMILES string of the molecule is CCOC(OCC)c1ccc(-c2cc3nccc(Oc4ccc(NC(=S)NC(=O)Cc5ccc(F)cc5)cc4F)c3s2)nc1. The number of nitrogens with one attached hydrogen (secondary N) is 2. The number of benzene rings is 2. The van der Waals surface area contributed by atoms with Gasteiger partial charge in [0.1, 0.15) is 11.6 Å². The standard InChI is InChI=1S/C32H28F2N4O4S2/c1-3-40-31(41-4-2)20-7-11-24(36-18-20)28-17-25-30(44-28)27(13-14-35-25)42-26-12-10-22(16-23(26)34)37-32(43)38-29(39)15-19-5-8-21(33)9-6-19/h5-14,16-18,31H,3-4,15H2,1-2H3,(H2,37,38,39,43). The van der Waals surface area contributed by atoms with Crippen molar-refractivity contribution in [2.75, 3.05) is 18.5 Å². The van der Waals surface area contributed by atoms with Gasteiger partial charge >= 0.3 is 0 Å². The number of pyridine rings is 2. The number of rotatable bonds is 11. The molecular formula is C32H28F2N4O4S2. The van der Waals surface area contributed by atoms with Crippen LogP contribution < -0.4 is 15.4 Å². The number of thiophene rings is 1. The molecule has 44 heavy (non-hydrogen) atoms. The quantitative estimate of drug-likeness (QED) is 0.114. The van der Waals surface area contributed by atoms with E-state index in [4.69, 9.17) is 26.4 Å². The minimum Gasteiger partial charge on any atom is -0.453 e. The Kier molecular flexibility index (Phi) is 10.2. The van der Waals surface area contributed by atoms with E-state index in [-0.39, 0.29) is 23.1 Å². The average molecular weight is 635 g/mol. The maximum atomic E-state index is 15.1. The monoisotopic (exact) mass is 634 g/mol. The largest absolute Gasteiger partial charge is 0.453 e. The zero-order chi connectivity index (χ0) is 31.1. The first-order chi connectivity index (χ1) is 21.3. The molecule has 5 rings (SSSR count). The number of nitrogens with zero attached hydrogens (tertiary/aromatic N) is 2. The summed E-state index contributed by atoms with van der Waals surface area (Å²) >= 11 is 6.62. The van der Waals surface area contributed by atoms with Crippen LogP contribution >= 0.6 is 23.6 Å². The Bertz CT molecular complexity index is 1760. The van der Waals surface area contributed by atoms with E-state index in [0.717, 1.165) is 20.8 Å². The van der Waals surface area contributed by atoms with E-state index >= 15 is 4.39 Å². The Morgan fingerprint density at radius 3 is 2.41 bits per heavy atom. The van der Waals surface area contributed by atoms with Crippen molar-refractivity contribution < 1.29 is 27.8 Å². The molecule has 0 fully saturated rings. The summed E-state index contributed by atoms with van der Waals surface area (Å²) in [5.41, 5.74) is 3.21. The number of hydrogen-bond donors (Lipinski definition) is 2. The zero-order valence-electron chi connectivity index (χ0n) is 23.8. The first-order valence-corrected chi connectivity index (χ1v) is 15.0. The molecule has 0 bridgehead atoms. The fourth-order valence-corrected chi connectivity index (χ4v) is 5.53. The highest BCUT2D eigenvalue weighted by Crippen LogP contribution is 2.39. The van der Waals surface area contributed by atoms with Gasteiger partial charge in [0, 0.05) is 49.0 Å². The maximum absolute atomic E-state index is 15.1. The van der Waals surface area contributed by atoms with Crippen molar-refractivity contribution >= 4 is 50.5 Å². The third kappa shape index (κ3) is 7.77. The third-order valence-electron chi connectivity index (χ3n) is 6.26. The summed E-state index contributed by atoms with van der Waals surface area (Å²) in [7, 11) is 0. The van der Waals surface area contributed by atoms with Crippen molar-refractivity contribution in [3.63, 3.8) is 0 Å². The lowest BCUT2D eigenvalue weighted by Crippen LogP contribution is -2.35. The lowest BCUT2D eigenvalue weighted by molar-refractivity contribution is -0.140. The minimum absolute atomic E-state index is 0.0000733. The number of thiocarbonyl (C=S) groups is 1. The second-order valence-electron chi connectivity index (χ2n) is 9.41.